The Labute approximate surface area is 216 Å². The van der Waals surface area contributed by atoms with Gasteiger partial charge in [-0.05, 0) is 36.1 Å². The monoisotopic (exact) mass is 527 g/mol. The fraction of sp³-hybridized carbons (Fsp3) is 0.385. The lowest BCUT2D eigenvalue weighted by atomic mass is 9.95. The SMILES string of the molecule is O=C([C@H]1CCCN(S(=O)(=O)c2cnc[nH]2)C1)N1CCN([C@@H](c2ccccc2)c2ccc(Cl)cc2)CC1. The molecule has 10 heteroatoms. The van der Waals surface area contributed by atoms with Crippen LogP contribution in [-0.4, -0.2) is 77.7 Å². The van der Waals surface area contributed by atoms with Crippen LogP contribution in [0, 0.1) is 5.92 Å². The Morgan fingerprint density at radius 3 is 2.33 bits per heavy atom. The first-order chi connectivity index (χ1) is 17.4. The van der Waals surface area contributed by atoms with Gasteiger partial charge in [-0.1, -0.05) is 54.1 Å². The first-order valence-corrected chi connectivity index (χ1v) is 14.1. The van der Waals surface area contributed by atoms with Crippen LogP contribution in [-0.2, 0) is 14.8 Å². The van der Waals surface area contributed by atoms with Crippen molar-refractivity contribution in [3.05, 3.63) is 83.3 Å². The minimum atomic E-state index is -3.67. The maximum absolute atomic E-state index is 13.4. The quantitative estimate of drug-likeness (QED) is 0.530. The van der Waals surface area contributed by atoms with Gasteiger partial charge in [-0.2, -0.15) is 4.31 Å². The van der Waals surface area contributed by atoms with Gasteiger partial charge in [0.1, 0.15) is 0 Å². The van der Waals surface area contributed by atoms with Crippen LogP contribution in [0.3, 0.4) is 0 Å². The second-order valence-electron chi connectivity index (χ2n) is 9.34. The number of carbonyl (C=O) groups excluding carboxylic acids is 1. The number of nitrogens with one attached hydrogen (secondary N) is 1. The molecule has 1 aromatic heterocycles. The molecule has 5 rings (SSSR count). The molecular formula is C26H30ClN5O3S. The van der Waals surface area contributed by atoms with Gasteiger partial charge in [0, 0.05) is 44.3 Å². The average Bonchev–Trinajstić information content (AvgIpc) is 3.47. The lowest BCUT2D eigenvalue weighted by molar-refractivity contribution is -0.138. The topological polar surface area (TPSA) is 89.6 Å². The Kier molecular flexibility index (Phi) is 7.43. The van der Waals surface area contributed by atoms with E-state index in [-0.39, 0.29) is 29.4 Å². The van der Waals surface area contributed by atoms with Crippen LogP contribution in [0.2, 0.25) is 5.02 Å². The number of hydrogen-bond acceptors (Lipinski definition) is 5. The standard InChI is InChI=1S/C26H30ClN5O3S/c27-23-10-8-21(9-11-23)25(20-5-2-1-3-6-20)30-13-15-31(16-14-30)26(33)22-7-4-12-32(18-22)36(34,35)24-17-28-19-29-24/h1-3,5-6,8-11,17,19,22,25H,4,7,12-16,18H2,(H,28,29)/t22-,25-/m0/s1. The van der Waals surface area contributed by atoms with E-state index in [0.717, 1.165) is 18.7 Å². The van der Waals surface area contributed by atoms with E-state index in [1.165, 1.54) is 22.4 Å². The zero-order valence-electron chi connectivity index (χ0n) is 20.0. The number of rotatable bonds is 6. The fourth-order valence-electron chi connectivity index (χ4n) is 5.24. The highest BCUT2D eigenvalue weighted by Gasteiger charge is 2.37. The number of nitrogens with zero attached hydrogens (tertiary/aromatic N) is 4. The molecule has 1 N–H and O–H groups in total. The van der Waals surface area contributed by atoms with Crippen molar-refractivity contribution in [1.29, 1.82) is 0 Å². The Morgan fingerprint density at radius 1 is 0.972 bits per heavy atom. The van der Waals surface area contributed by atoms with Gasteiger partial charge in [0.15, 0.2) is 5.03 Å². The second kappa shape index (κ2) is 10.7. The van der Waals surface area contributed by atoms with E-state index in [9.17, 15) is 13.2 Å². The first kappa shape index (κ1) is 25.0. The van der Waals surface area contributed by atoms with Crippen LogP contribution < -0.4 is 0 Å². The summed E-state index contributed by atoms with van der Waals surface area (Å²) in [6.45, 7) is 3.31. The van der Waals surface area contributed by atoms with E-state index < -0.39 is 10.0 Å². The van der Waals surface area contributed by atoms with Crippen molar-refractivity contribution in [2.24, 2.45) is 5.92 Å². The molecule has 2 aliphatic heterocycles. The number of aromatic amines is 1. The Bertz CT molecular complexity index is 1260. The number of imidazole rings is 1. The van der Waals surface area contributed by atoms with Gasteiger partial charge in [0.25, 0.3) is 10.0 Å². The third-order valence-electron chi connectivity index (χ3n) is 7.12. The molecule has 0 radical (unpaired) electrons. The number of H-pyrrole nitrogens is 1. The number of piperazine rings is 1. The zero-order valence-corrected chi connectivity index (χ0v) is 21.5. The van der Waals surface area contributed by atoms with E-state index in [2.05, 4.69) is 39.1 Å². The average molecular weight is 528 g/mol. The Balaban J connectivity index is 1.26. The van der Waals surface area contributed by atoms with Gasteiger partial charge < -0.3 is 9.88 Å². The van der Waals surface area contributed by atoms with Crippen molar-refractivity contribution in [2.75, 3.05) is 39.3 Å². The minimum Gasteiger partial charge on any atom is -0.340 e. The lowest BCUT2D eigenvalue weighted by Crippen LogP contribution is -2.53. The van der Waals surface area contributed by atoms with Gasteiger partial charge in [0.2, 0.25) is 5.91 Å². The van der Waals surface area contributed by atoms with Crippen molar-refractivity contribution in [2.45, 2.75) is 23.9 Å². The molecule has 0 bridgehead atoms. The van der Waals surface area contributed by atoms with Crippen molar-refractivity contribution in [3.63, 3.8) is 0 Å². The van der Waals surface area contributed by atoms with Gasteiger partial charge in [-0.25, -0.2) is 13.4 Å². The molecular weight excluding hydrogens is 498 g/mol. The molecule has 36 heavy (non-hydrogen) atoms. The zero-order chi connectivity index (χ0) is 25.1. The van der Waals surface area contributed by atoms with E-state index >= 15 is 0 Å². The molecule has 2 aliphatic rings. The Morgan fingerprint density at radius 2 is 1.67 bits per heavy atom. The summed E-state index contributed by atoms with van der Waals surface area (Å²) in [5, 5.41) is 0.774. The van der Waals surface area contributed by atoms with Crippen LogP contribution in [0.1, 0.15) is 30.0 Å². The van der Waals surface area contributed by atoms with E-state index in [1.54, 1.807) is 0 Å². The molecule has 2 saturated heterocycles. The van der Waals surface area contributed by atoms with Gasteiger partial charge in [-0.15, -0.1) is 0 Å². The maximum atomic E-state index is 13.4. The fourth-order valence-corrected chi connectivity index (χ4v) is 6.78. The molecule has 0 aliphatic carbocycles. The normalized spacial score (nSPS) is 20.8. The molecule has 0 spiro atoms. The summed E-state index contributed by atoms with van der Waals surface area (Å²) in [5.41, 5.74) is 2.36. The summed E-state index contributed by atoms with van der Waals surface area (Å²) in [4.78, 5) is 24.2. The van der Waals surface area contributed by atoms with Crippen LogP contribution >= 0.6 is 11.6 Å². The van der Waals surface area contributed by atoms with Crippen LogP contribution in [0.5, 0.6) is 0 Å². The third-order valence-corrected chi connectivity index (χ3v) is 9.16. The van der Waals surface area contributed by atoms with Crippen molar-refractivity contribution in [3.8, 4) is 0 Å². The number of aromatic nitrogens is 2. The number of halogens is 1. The summed E-state index contributed by atoms with van der Waals surface area (Å²) in [7, 11) is -3.67. The molecule has 0 unspecified atom stereocenters. The largest absolute Gasteiger partial charge is 0.340 e. The number of hydrogen-bond donors (Lipinski definition) is 1. The predicted molar refractivity (Wildman–Crippen MR) is 138 cm³/mol. The van der Waals surface area contributed by atoms with E-state index in [4.69, 9.17) is 11.6 Å². The third kappa shape index (κ3) is 5.20. The lowest BCUT2D eigenvalue weighted by Gasteiger charge is -2.41. The summed E-state index contributed by atoms with van der Waals surface area (Å²) >= 11 is 6.14. The molecule has 0 saturated carbocycles. The summed E-state index contributed by atoms with van der Waals surface area (Å²) in [5.74, 6) is -0.286. The van der Waals surface area contributed by atoms with Crippen molar-refractivity contribution >= 4 is 27.5 Å². The van der Waals surface area contributed by atoms with Crippen molar-refractivity contribution in [1.82, 2.24) is 24.1 Å². The number of amides is 1. The van der Waals surface area contributed by atoms with Gasteiger partial charge >= 0.3 is 0 Å². The van der Waals surface area contributed by atoms with E-state index in [1.807, 2.05) is 35.2 Å². The molecule has 190 valence electrons. The molecule has 2 atom stereocenters. The smallest absolute Gasteiger partial charge is 0.260 e. The predicted octanol–water partition coefficient (Wildman–Crippen LogP) is 3.40. The minimum absolute atomic E-state index is 0.0434. The van der Waals surface area contributed by atoms with Crippen LogP contribution in [0.25, 0.3) is 0 Å². The molecule has 3 aromatic rings. The highest BCUT2D eigenvalue weighted by molar-refractivity contribution is 7.89. The maximum Gasteiger partial charge on any atom is 0.260 e. The van der Waals surface area contributed by atoms with Crippen molar-refractivity contribution < 1.29 is 13.2 Å². The molecule has 3 heterocycles. The molecule has 2 aromatic carbocycles. The second-order valence-corrected chi connectivity index (χ2v) is 11.7. The number of benzene rings is 2. The number of carbonyl (C=O) groups is 1. The van der Waals surface area contributed by atoms with E-state index in [0.29, 0.717) is 37.5 Å². The molecule has 1 amide bonds. The molecule has 8 nitrogen and oxygen atoms in total. The highest BCUT2D eigenvalue weighted by atomic mass is 35.5. The summed E-state index contributed by atoms with van der Waals surface area (Å²) in [6, 6.07) is 18.4. The summed E-state index contributed by atoms with van der Waals surface area (Å²) < 4.78 is 27.2. The summed E-state index contributed by atoms with van der Waals surface area (Å²) in [6.07, 6.45) is 4.03. The van der Waals surface area contributed by atoms with Crippen LogP contribution in [0.4, 0.5) is 0 Å². The van der Waals surface area contributed by atoms with Crippen LogP contribution in [0.15, 0.2) is 72.1 Å². The van der Waals surface area contributed by atoms with Gasteiger partial charge in [-0.3, -0.25) is 9.69 Å². The number of sulfonamides is 1. The highest BCUT2D eigenvalue weighted by Crippen LogP contribution is 2.31. The van der Waals surface area contributed by atoms with Gasteiger partial charge in [0.05, 0.1) is 24.5 Å². The first-order valence-electron chi connectivity index (χ1n) is 12.3. The molecule has 2 fully saturated rings. The Hall–Kier alpha value is -2.72. The number of piperidine rings is 1.